The van der Waals surface area contributed by atoms with Crippen LogP contribution in [0.3, 0.4) is 0 Å². The van der Waals surface area contributed by atoms with Crippen LogP contribution in [0.5, 0.6) is 5.75 Å². The molecule has 20 heavy (non-hydrogen) atoms. The molecule has 0 amide bonds. The molecule has 0 saturated heterocycles. The van der Waals surface area contributed by atoms with E-state index in [0.717, 1.165) is 0 Å². The highest BCUT2D eigenvalue weighted by atomic mass is 79.9. The molecule has 1 atom stereocenters. The molecule has 0 heterocycles. The minimum absolute atomic E-state index is 0.0259. The molecule has 0 saturated carbocycles. The summed E-state index contributed by atoms with van der Waals surface area (Å²) in [6.07, 6.45) is 0. The van der Waals surface area contributed by atoms with Gasteiger partial charge in [0.2, 0.25) is 0 Å². The van der Waals surface area contributed by atoms with Crippen LogP contribution in [0.25, 0.3) is 0 Å². The molecule has 2 aromatic rings. The second-order valence-electron chi connectivity index (χ2n) is 4.13. The van der Waals surface area contributed by atoms with Crippen molar-refractivity contribution in [3.63, 3.8) is 0 Å². The third-order valence-electron chi connectivity index (χ3n) is 2.89. The van der Waals surface area contributed by atoms with E-state index in [1.54, 1.807) is 24.3 Å². The van der Waals surface area contributed by atoms with Gasteiger partial charge in [-0.05, 0) is 34.1 Å². The fraction of sp³-hybridized carbons (Fsp3) is 0.143. The lowest BCUT2D eigenvalue weighted by Crippen LogP contribution is -2.15. The minimum Gasteiger partial charge on any atom is -0.495 e. The van der Waals surface area contributed by atoms with Crippen molar-refractivity contribution in [3.05, 3.63) is 61.8 Å². The quantitative estimate of drug-likeness (QED) is 0.819. The largest absolute Gasteiger partial charge is 0.495 e. The first-order valence-electron chi connectivity index (χ1n) is 5.68. The van der Waals surface area contributed by atoms with E-state index in [0.29, 0.717) is 20.8 Å². The van der Waals surface area contributed by atoms with Crippen LogP contribution in [0.2, 0.25) is 10.0 Å². The summed E-state index contributed by atoms with van der Waals surface area (Å²) in [5.74, 6) is -0.0268. The number of hydrogen-bond donors (Lipinski definition) is 1. The molecule has 0 radical (unpaired) electrons. The van der Waals surface area contributed by atoms with Gasteiger partial charge in [0.25, 0.3) is 0 Å². The topological polar surface area (TPSA) is 35.2 Å². The highest BCUT2D eigenvalue weighted by Crippen LogP contribution is 2.38. The predicted molar refractivity (Wildman–Crippen MR) is 83.1 cm³/mol. The van der Waals surface area contributed by atoms with Crippen molar-refractivity contribution in [2.75, 3.05) is 7.11 Å². The molecular formula is C14H11BrCl2FNO. The summed E-state index contributed by atoms with van der Waals surface area (Å²) in [6, 6.07) is 7.30. The van der Waals surface area contributed by atoms with E-state index in [1.165, 1.54) is 13.2 Å². The molecule has 2 N–H and O–H groups in total. The number of rotatable bonds is 3. The highest BCUT2D eigenvalue weighted by molar-refractivity contribution is 9.10. The zero-order valence-electron chi connectivity index (χ0n) is 10.5. The highest BCUT2D eigenvalue weighted by Gasteiger charge is 2.21. The molecule has 2 rings (SSSR count). The third-order valence-corrected chi connectivity index (χ3v) is 3.99. The van der Waals surface area contributed by atoms with E-state index >= 15 is 0 Å². The van der Waals surface area contributed by atoms with Crippen molar-refractivity contribution >= 4 is 39.1 Å². The maximum Gasteiger partial charge on any atom is 0.146 e. The number of hydrogen-bond acceptors (Lipinski definition) is 2. The van der Waals surface area contributed by atoms with Crippen LogP contribution in [-0.4, -0.2) is 7.11 Å². The Bertz CT molecular complexity index is 651. The van der Waals surface area contributed by atoms with Gasteiger partial charge in [-0.3, -0.25) is 0 Å². The summed E-state index contributed by atoms with van der Waals surface area (Å²) in [7, 11) is 1.51. The van der Waals surface area contributed by atoms with Crippen LogP contribution in [0.4, 0.5) is 4.39 Å². The van der Waals surface area contributed by atoms with Gasteiger partial charge in [-0.25, -0.2) is 4.39 Å². The molecule has 0 aliphatic rings. The summed E-state index contributed by atoms with van der Waals surface area (Å²) < 4.78 is 20.0. The summed E-state index contributed by atoms with van der Waals surface area (Å²) in [5.41, 5.74) is 7.00. The van der Waals surface area contributed by atoms with Gasteiger partial charge in [-0.15, -0.1) is 0 Å². The Balaban J connectivity index is 2.58. The normalized spacial score (nSPS) is 12.3. The molecule has 6 heteroatoms. The lowest BCUT2D eigenvalue weighted by molar-refractivity contribution is 0.404. The standard InChI is InChI=1S/C14H11BrCl2FNO/c1-20-14-9(5-7(16)6-10(14)15)13(19)8-3-2-4-11(17)12(8)18/h2-6,13H,19H2,1H3. The second-order valence-corrected chi connectivity index (χ2v) is 5.83. The molecule has 0 aliphatic heterocycles. The van der Waals surface area contributed by atoms with Gasteiger partial charge >= 0.3 is 0 Å². The monoisotopic (exact) mass is 377 g/mol. The van der Waals surface area contributed by atoms with Crippen LogP contribution >= 0.6 is 39.1 Å². The van der Waals surface area contributed by atoms with Gasteiger partial charge in [-0.2, -0.15) is 0 Å². The number of nitrogens with two attached hydrogens (primary N) is 1. The van der Waals surface area contributed by atoms with E-state index in [9.17, 15) is 4.39 Å². The van der Waals surface area contributed by atoms with Crippen molar-refractivity contribution in [1.29, 1.82) is 0 Å². The van der Waals surface area contributed by atoms with Crippen molar-refractivity contribution in [3.8, 4) is 5.75 Å². The van der Waals surface area contributed by atoms with Gasteiger partial charge in [0.15, 0.2) is 0 Å². The van der Waals surface area contributed by atoms with Gasteiger partial charge < -0.3 is 10.5 Å². The number of benzene rings is 2. The Kier molecular flexibility index (Phi) is 4.91. The molecule has 0 bridgehead atoms. The maximum absolute atomic E-state index is 14.1. The Morgan fingerprint density at radius 2 is 1.95 bits per heavy atom. The lowest BCUT2D eigenvalue weighted by atomic mass is 9.98. The van der Waals surface area contributed by atoms with Crippen LogP contribution in [-0.2, 0) is 0 Å². The van der Waals surface area contributed by atoms with Gasteiger partial charge in [0.1, 0.15) is 11.6 Å². The molecule has 1 unspecified atom stereocenters. The van der Waals surface area contributed by atoms with E-state index in [1.807, 2.05) is 0 Å². The van der Waals surface area contributed by atoms with E-state index < -0.39 is 11.9 Å². The zero-order valence-corrected chi connectivity index (χ0v) is 13.6. The van der Waals surface area contributed by atoms with Crippen LogP contribution in [0.15, 0.2) is 34.8 Å². The smallest absolute Gasteiger partial charge is 0.146 e. The minimum atomic E-state index is -0.737. The van der Waals surface area contributed by atoms with Gasteiger partial charge in [-0.1, -0.05) is 35.3 Å². The van der Waals surface area contributed by atoms with E-state index in [4.69, 9.17) is 33.7 Å². The molecule has 0 fully saturated rings. The first-order chi connectivity index (χ1) is 9.45. The fourth-order valence-corrected chi connectivity index (χ4v) is 3.13. The Morgan fingerprint density at radius 3 is 2.60 bits per heavy atom. The van der Waals surface area contributed by atoms with E-state index in [2.05, 4.69) is 15.9 Å². The molecule has 0 spiro atoms. The molecule has 0 aliphatic carbocycles. The maximum atomic E-state index is 14.1. The second kappa shape index (κ2) is 6.31. The van der Waals surface area contributed by atoms with Crippen molar-refractivity contribution in [2.45, 2.75) is 6.04 Å². The Hall–Kier alpha value is -0.810. The molecule has 2 nitrogen and oxygen atoms in total. The van der Waals surface area contributed by atoms with Crippen molar-refractivity contribution in [1.82, 2.24) is 0 Å². The van der Waals surface area contributed by atoms with Gasteiger partial charge in [0, 0.05) is 16.1 Å². The molecular weight excluding hydrogens is 368 g/mol. The summed E-state index contributed by atoms with van der Waals surface area (Å²) in [4.78, 5) is 0. The van der Waals surface area contributed by atoms with Crippen LogP contribution in [0, 0.1) is 5.82 Å². The first-order valence-corrected chi connectivity index (χ1v) is 7.23. The Labute approximate surface area is 134 Å². The number of ether oxygens (including phenoxy) is 1. The Morgan fingerprint density at radius 1 is 1.25 bits per heavy atom. The third kappa shape index (κ3) is 2.93. The summed E-state index contributed by atoms with van der Waals surface area (Å²) in [6.45, 7) is 0. The van der Waals surface area contributed by atoms with Crippen molar-refractivity contribution in [2.24, 2.45) is 5.73 Å². The SMILES string of the molecule is COc1c(Br)cc(Cl)cc1C(N)c1cccc(Cl)c1F. The molecule has 106 valence electrons. The van der Waals surface area contributed by atoms with Crippen LogP contribution < -0.4 is 10.5 Å². The number of halogens is 4. The summed E-state index contributed by atoms with van der Waals surface area (Å²) >= 11 is 15.2. The molecule has 2 aromatic carbocycles. The zero-order chi connectivity index (χ0) is 14.9. The predicted octanol–water partition coefficient (Wildman–Crippen LogP) is 4.95. The average Bonchev–Trinajstić information content (AvgIpc) is 2.40. The molecule has 0 aromatic heterocycles. The van der Waals surface area contributed by atoms with E-state index in [-0.39, 0.29) is 10.6 Å². The summed E-state index contributed by atoms with van der Waals surface area (Å²) in [5, 5.41) is 0.503. The number of methoxy groups -OCH3 is 1. The fourth-order valence-electron chi connectivity index (χ4n) is 1.95. The first kappa shape index (κ1) is 15.6. The van der Waals surface area contributed by atoms with Gasteiger partial charge in [0.05, 0.1) is 22.6 Å². The van der Waals surface area contributed by atoms with Crippen LogP contribution in [0.1, 0.15) is 17.2 Å². The average molecular weight is 379 g/mol. The van der Waals surface area contributed by atoms with Crippen molar-refractivity contribution < 1.29 is 9.13 Å². The lowest BCUT2D eigenvalue weighted by Gasteiger charge is -2.18.